The topological polar surface area (TPSA) is 93.5 Å². The zero-order chi connectivity index (χ0) is 24.0. The summed E-state index contributed by atoms with van der Waals surface area (Å²) in [5.41, 5.74) is 2.94. The fraction of sp³-hybridized carbons (Fsp3) is 0.440. The zero-order valence-electron chi connectivity index (χ0n) is 19.5. The third-order valence-electron chi connectivity index (χ3n) is 6.26. The molecule has 7 nitrogen and oxygen atoms in total. The number of amides is 1. The van der Waals surface area contributed by atoms with E-state index in [1.54, 1.807) is 30.3 Å². The number of likely N-dealkylation sites (N-methyl/N-ethyl adjacent to an activating group) is 1. The van der Waals surface area contributed by atoms with Gasteiger partial charge in [0.2, 0.25) is 15.9 Å². The quantitative estimate of drug-likeness (QED) is 0.631. The van der Waals surface area contributed by atoms with Crippen LogP contribution in [0.2, 0.25) is 0 Å². The summed E-state index contributed by atoms with van der Waals surface area (Å²) < 4.78 is 27.6. The van der Waals surface area contributed by atoms with Crippen LogP contribution in [0.4, 0.5) is 5.69 Å². The van der Waals surface area contributed by atoms with E-state index in [2.05, 4.69) is 11.4 Å². The molecule has 0 spiro atoms. The van der Waals surface area contributed by atoms with Crippen molar-refractivity contribution in [2.24, 2.45) is 0 Å². The Balaban J connectivity index is 1.72. The van der Waals surface area contributed by atoms with Gasteiger partial charge in [-0.25, -0.2) is 8.42 Å². The van der Waals surface area contributed by atoms with Crippen molar-refractivity contribution in [2.75, 3.05) is 31.5 Å². The standard InChI is InChI=1S/C25H32N4O3S/c1-4-28(20(3)22-11-9-21(17-26)10-12-22)18-25(30)27-24-16-23(13-8-19(24)2)33(31,32)29-14-6-5-7-15-29/h8-13,16,20H,4-7,14-15,18H2,1-3H3,(H,27,30). The monoisotopic (exact) mass is 468 g/mol. The maximum atomic E-state index is 13.0. The zero-order valence-corrected chi connectivity index (χ0v) is 20.4. The average Bonchev–Trinajstić information content (AvgIpc) is 2.84. The van der Waals surface area contributed by atoms with Gasteiger partial charge in [0.25, 0.3) is 0 Å². The van der Waals surface area contributed by atoms with E-state index in [0.29, 0.717) is 30.9 Å². The normalized spacial score (nSPS) is 15.7. The predicted octanol–water partition coefficient (Wildman–Crippen LogP) is 4.06. The number of nitrogens with zero attached hydrogens (tertiary/aromatic N) is 3. The summed E-state index contributed by atoms with van der Waals surface area (Å²) in [6.45, 7) is 7.77. The van der Waals surface area contributed by atoms with Crippen LogP contribution in [0.5, 0.6) is 0 Å². The maximum Gasteiger partial charge on any atom is 0.243 e. The van der Waals surface area contributed by atoms with E-state index in [1.807, 2.05) is 37.8 Å². The van der Waals surface area contributed by atoms with Crippen molar-refractivity contribution < 1.29 is 13.2 Å². The van der Waals surface area contributed by atoms with Gasteiger partial charge in [0.15, 0.2) is 0 Å². The number of benzene rings is 2. The summed E-state index contributed by atoms with van der Waals surface area (Å²) in [6.07, 6.45) is 2.80. The third-order valence-corrected chi connectivity index (χ3v) is 8.15. The first-order valence-corrected chi connectivity index (χ1v) is 12.8. The second kappa shape index (κ2) is 10.9. The van der Waals surface area contributed by atoms with Gasteiger partial charge in [-0.15, -0.1) is 0 Å². The van der Waals surface area contributed by atoms with Crippen LogP contribution in [0.25, 0.3) is 0 Å². The fourth-order valence-corrected chi connectivity index (χ4v) is 5.64. The van der Waals surface area contributed by atoms with Crippen molar-refractivity contribution >= 4 is 21.6 Å². The minimum Gasteiger partial charge on any atom is -0.325 e. The van der Waals surface area contributed by atoms with Gasteiger partial charge in [0.1, 0.15) is 0 Å². The molecule has 1 unspecified atom stereocenters. The molecule has 1 saturated heterocycles. The Morgan fingerprint density at radius 2 is 1.82 bits per heavy atom. The molecule has 2 aromatic rings. The molecule has 8 heteroatoms. The van der Waals surface area contributed by atoms with Crippen LogP contribution in [-0.4, -0.2) is 49.7 Å². The van der Waals surface area contributed by atoms with Crippen LogP contribution in [0, 0.1) is 18.3 Å². The number of anilines is 1. The Bertz CT molecular complexity index is 1120. The van der Waals surface area contributed by atoms with E-state index in [-0.39, 0.29) is 23.4 Å². The van der Waals surface area contributed by atoms with E-state index in [1.165, 1.54) is 4.31 Å². The van der Waals surface area contributed by atoms with Crippen molar-refractivity contribution in [3.8, 4) is 6.07 Å². The average molecular weight is 469 g/mol. The van der Waals surface area contributed by atoms with Gasteiger partial charge >= 0.3 is 0 Å². The molecule has 1 aliphatic heterocycles. The van der Waals surface area contributed by atoms with E-state index >= 15 is 0 Å². The molecule has 2 aromatic carbocycles. The van der Waals surface area contributed by atoms with Crippen molar-refractivity contribution in [3.63, 3.8) is 0 Å². The van der Waals surface area contributed by atoms with Crippen LogP contribution in [0.1, 0.15) is 55.8 Å². The summed E-state index contributed by atoms with van der Waals surface area (Å²) in [4.78, 5) is 15.1. The second-order valence-electron chi connectivity index (χ2n) is 8.46. The molecule has 1 atom stereocenters. The van der Waals surface area contributed by atoms with Gasteiger partial charge < -0.3 is 5.32 Å². The number of carbonyl (C=O) groups is 1. The van der Waals surface area contributed by atoms with Crippen LogP contribution in [-0.2, 0) is 14.8 Å². The molecule has 3 rings (SSSR count). The molecule has 1 heterocycles. The van der Waals surface area contributed by atoms with Crippen molar-refractivity contribution in [2.45, 2.75) is 51.0 Å². The lowest BCUT2D eigenvalue weighted by Crippen LogP contribution is -2.36. The molecule has 1 fully saturated rings. The van der Waals surface area contributed by atoms with Crippen LogP contribution < -0.4 is 5.32 Å². The van der Waals surface area contributed by atoms with Crippen LogP contribution in [0.15, 0.2) is 47.4 Å². The Morgan fingerprint density at radius 1 is 1.15 bits per heavy atom. The molecule has 1 N–H and O–H groups in total. The number of hydrogen-bond donors (Lipinski definition) is 1. The summed E-state index contributed by atoms with van der Waals surface area (Å²) >= 11 is 0. The Labute approximate surface area is 197 Å². The summed E-state index contributed by atoms with van der Waals surface area (Å²) in [6, 6.07) is 14.4. The largest absolute Gasteiger partial charge is 0.325 e. The molecule has 0 aliphatic carbocycles. The lowest BCUT2D eigenvalue weighted by molar-refractivity contribution is -0.117. The predicted molar refractivity (Wildman–Crippen MR) is 129 cm³/mol. The van der Waals surface area contributed by atoms with Gasteiger partial charge in [-0.3, -0.25) is 9.69 Å². The first-order valence-electron chi connectivity index (χ1n) is 11.4. The molecule has 0 bridgehead atoms. The summed E-state index contributed by atoms with van der Waals surface area (Å²) in [5, 5.41) is 11.9. The highest BCUT2D eigenvalue weighted by Gasteiger charge is 2.26. The van der Waals surface area contributed by atoms with Crippen LogP contribution in [0.3, 0.4) is 0 Å². The first kappa shape index (κ1) is 24.9. The van der Waals surface area contributed by atoms with Gasteiger partial charge in [-0.05, 0) is 68.6 Å². The maximum absolute atomic E-state index is 13.0. The van der Waals surface area contributed by atoms with Crippen LogP contribution >= 0.6 is 0 Å². The van der Waals surface area contributed by atoms with Crippen molar-refractivity contribution in [1.29, 1.82) is 5.26 Å². The molecular weight excluding hydrogens is 436 g/mol. The molecule has 0 saturated carbocycles. The molecule has 33 heavy (non-hydrogen) atoms. The number of carbonyl (C=O) groups excluding carboxylic acids is 1. The second-order valence-corrected chi connectivity index (χ2v) is 10.4. The number of nitrogens with one attached hydrogen (secondary N) is 1. The minimum absolute atomic E-state index is 0.0135. The number of piperidine rings is 1. The lowest BCUT2D eigenvalue weighted by Gasteiger charge is -2.28. The number of aryl methyl sites for hydroxylation is 1. The van der Waals surface area contributed by atoms with Crippen molar-refractivity contribution in [3.05, 3.63) is 59.2 Å². The Morgan fingerprint density at radius 3 is 2.42 bits per heavy atom. The number of hydrogen-bond acceptors (Lipinski definition) is 5. The number of nitriles is 1. The molecule has 0 aromatic heterocycles. The SMILES string of the molecule is CCN(CC(=O)Nc1cc(S(=O)(=O)N2CCCCC2)ccc1C)C(C)c1ccc(C#N)cc1. The van der Waals surface area contributed by atoms with E-state index in [9.17, 15) is 13.2 Å². The smallest absolute Gasteiger partial charge is 0.243 e. The Kier molecular flexibility index (Phi) is 8.25. The highest BCUT2D eigenvalue weighted by atomic mass is 32.2. The molecule has 1 amide bonds. The lowest BCUT2D eigenvalue weighted by atomic mass is 10.0. The summed E-state index contributed by atoms with van der Waals surface area (Å²) in [7, 11) is -3.57. The third kappa shape index (κ3) is 5.99. The summed E-state index contributed by atoms with van der Waals surface area (Å²) in [5.74, 6) is -0.201. The van der Waals surface area contributed by atoms with Gasteiger partial charge in [0.05, 0.1) is 23.1 Å². The van der Waals surface area contributed by atoms with Gasteiger partial charge in [-0.2, -0.15) is 9.57 Å². The number of rotatable bonds is 8. The van der Waals surface area contributed by atoms with E-state index < -0.39 is 10.0 Å². The Hall–Kier alpha value is -2.73. The van der Waals surface area contributed by atoms with E-state index in [0.717, 1.165) is 30.4 Å². The van der Waals surface area contributed by atoms with E-state index in [4.69, 9.17) is 5.26 Å². The first-order chi connectivity index (χ1) is 15.8. The highest BCUT2D eigenvalue weighted by Crippen LogP contribution is 2.26. The van der Waals surface area contributed by atoms with Gasteiger partial charge in [-0.1, -0.05) is 31.5 Å². The number of sulfonamides is 1. The molecule has 1 aliphatic rings. The molecule has 176 valence electrons. The highest BCUT2D eigenvalue weighted by molar-refractivity contribution is 7.89. The fourth-order valence-electron chi connectivity index (χ4n) is 4.09. The van der Waals surface area contributed by atoms with Crippen molar-refractivity contribution in [1.82, 2.24) is 9.21 Å². The van der Waals surface area contributed by atoms with Gasteiger partial charge in [0, 0.05) is 24.8 Å². The molecule has 0 radical (unpaired) electrons. The minimum atomic E-state index is -3.57. The molecular formula is C25H32N4O3S.